The second kappa shape index (κ2) is 5.49. The predicted octanol–water partition coefficient (Wildman–Crippen LogP) is 0.198. The number of carboxylic acids is 1. The molecule has 0 spiro atoms. The molecule has 0 saturated carbocycles. The summed E-state index contributed by atoms with van der Waals surface area (Å²) in [7, 11) is -2.27. The van der Waals surface area contributed by atoms with Crippen molar-refractivity contribution in [3.05, 3.63) is 12.4 Å². The van der Waals surface area contributed by atoms with Crippen LogP contribution in [-0.4, -0.2) is 35.3 Å². The van der Waals surface area contributed by atoms with E-state index in [0.717, 1.165) is 0 Å². The van der Waals surface area contributed by atoms with Gasteiger partial charge in [-0.1, -0.05) is 20.3 Å². The van der Waals surface area contributed by atoms with Gasteiger partial charge in [-0.2, -0.15) is 9.82 Å². The van der Waals surface area contributed by atoms with E-state index in [1.165, 1.54) is 17.1 Å². The van der Waals surface area contributed by atoms with Crippen LogP contribution in [0.25, 0.3) is 0 Å². The summed E-state index contributed by atoms with van der Waals surface area (Å²) in [5, 5.41) is 12.8. The third-order valence-electron chi connectivity index (χ3n) is 2.75. The normalized spacial score (nSPS) is 15.3. The summed E-state index contributed by atoms with van der Waals surface area (Å²) in [6.45, 7) is 3.49. The van der Waals surface area contributed by atoms with Crippen LogP contribution in [0.3, 0.4) is 0 Å². The van der Waals surface area contributed by atoms with Crippen molar-refractivity contribution < 1.29 is 18.3 Å². The van der Waals surface area contributed by atoms with Gasteiger partial charge in [-0.25, -0.2) is 8.42 Å². The van der Waals surface area contributed by atoms with E-state index in [9.17, 15) is 13.2 Å². The average molecular weight is 275 g/mol. The number of aromatic nitrogens is 2. The minimum atomic E-state index is -3.85. The van der Waals surface area contributed by atoms with Gasteiger partial charge in [0.1, 0.15) is 10.9 Å². The fourth-order valence-electron chi connectivity index (χ4n) is 1.42. The topological polar surface area (TPSA) is 101 Å². The first-order valence-corrected chi connectivity index (χ1v) is 7.00. The molecule has 0 aliphatic rings. The number of carboxylic acid groups (broad SMARTS) is 1. The molecule has 18 heavy (non-hydrogen) atoms. The van der Waals surface area contributed by atoms with Crippen LogP contribution in [0.4, 0.5) is 0 Å². The standard InChI is InChI=1S/C10H17N3O4S/c1-4-7(2)9(10(14)15)12-18(16,17)8-5-11-13(3)6-8/h5-7,9,12H,4H2,1-3H3,(H,14,15)/t7?,9-/m0/s1. The van der Waals surface area contributed by atoms with Crippen molar-refractivity contribution in [1.29, 1.82) is 0 Å². The second-order valence-corrected chi connectivity index (χ2v) is 5.89. The van der Waals surface area contributed by atoms with E-state index in [-0.39, 0.29) is 10.8 Å². The summed E-state index contributed by atoms with van der Waals surface area (Å²) >= 11 is 0. The minimum absolute atomic E-state index is 0.0421. The highest BCUT2D eigenvalue weighted by atomic mass is 32.2. The Hall–Kier alpha value is -1.41. The molecule has 1 unspecified atom stereocenters. The lowest BCUT2D eigenvalue weighted by Gasteiger charge is -2.19. The van der Waals surface area contributed by atoms with Crippen LogP contribution in [0.15, 0.2) is 17.3 Å². The molecule has 0 fully saturated rings. The van der Waals surface area contributed by atoms with Crippen molar-refractivity contribution in [3.8, 4) is 0 Å². The van der Waals surface area contributed by atoms with Crippen molar-refractivity contribution in [3.63, 3.8) is 0 Å². The molecule has 102 valence electrons. The van der Waals surface area contributed by atoms with E-state index in [0.29, 0.717) is 6.42 Å². The number of aryl methyl sites for hydroxylation is 1. The number of aliphatic carboxylic acids is 1. The molecule has 0 bridgehead atoms. The highest BCUT2D eigenvalue weighted by molar-refractivity contribution is 7.89. The fourth-order valence-corrected chi connectivity index (χ4v) is 2.70. The first-order chi connectivity index (χ1) is 8.27. The molecule has 1 rings (SSSR count). The third-order valence-corrected chi connectivity index (χ3v) is 4.15. The zero-order chi connectivity index (χ0) is 13.9. The molecule has 0 saturated heterocycles. The van der Waals surface area contributed by atoms with Gasteiger partial charge < -0.3 is 5.11 Å². The van der Waals surface area contributed by atoms with Gasteiger partial charge in [-0.05, 0) is 5.92 Å². The molecule has 0 aliphatic carbocycles. The Morgan fingerprint density at radius 1 is 1.61 bits per heavy atom. The first kappa shape index (κ1) is 14.7. The molecular weight excluding hydrogens is 258 g/mol. The van der Waals surface area contributed by atoms with Crippen LogP contribution in [0, 0.1) is 5.92 Å². The molecule has 1 aromatic heterocycles. The summed E-state index contributed by atoms with van der Waals surface area (Å²) in [6, 6.07) is -1.14. The number of sulfonamides is 1. The summed E-state index contributed by atoms with van der Waals surface area (Å²) in [4.78, 5) is 11.0. The number of nitrogens with one attached hydrogen (secondary N) is 1. The van der Waals surface area contributed by atoms with E-state index in [1.54, 1.807) is 20.9 Å². The fraction of sp³-hybridized carbons (Fsp3) is 0.600. The van der Waals surface area contributed by atoms with Crippen LogP contribution in [0.1, 0.15) is 20.3 Å². The number of nitrogens with zero attached hydrogens (tertiary/aromatic N) is 2. The van der Waals surface area contributed by atoms with Gasteiger partial charge in [0.25, 0.3) is 0 Å². The van der Waals surface area contributed by atoms with Crippen LogP contribution >= 0.6 is 0 Å². The largest absolute Gasteiger partial charge is 0.480 e. The zero-order valence-electron chi connectivity index (χ0n) is 10.5. The number of rotatable bonds is 6. The van der Waals surface area contributed by atoms with Crippen molar-refractivity contribution in [2.24, 2.45) is 13.0 Å². The van der Waals surface area contributed by atoms with E-state index in [1.807, 2.05) is 0 Å². The lowest BCUT2D eigenvalue weighted by Crippen LogP contribution is -2.44. The lowest BCUT2D eigenvalue weighted by atomic mass is 10.0. The number of hydrogen-bond acceptors (Lipinski definition) is 4. The van der Waals surface area contributed by atoms with Crippen molar-refractivity contribution in [2.75, 3.05) is 0 Å². The molecule has 2 atom stereocenters. The summed E-state index contributed by atoms with van der Waals surface area (Å²) in [6.07, 6.45) is 3.06. The van der Waals surface area contributed by atoms with Gasteiger partial charge in [0.15, 0.2) is 0 Å². The monoisotopic (exact) mass is 275 g/mol. The van der Waals surface area contributed by atoms with Crippen LogP contribution < -0.4 is 4.72 Å². The Balaban J connectivity index is 2.96. The Morgan fingerprint density at radius 3 is 2.61 bits per heavy atom. The molecule has 7 nitrogen and oxygen atoms in total. The smallest absolute Gasteiger partial charge is 0.322 e. The maximum atomic E-state index is 12.0. The van der Waals surface area contributed by atoms with Crippen LogP contribution in [-0.2, 0) is 21.9 Å². The van der Waals surface area contributed by atoms with Crippen molar-refractivity contribution in [1.82, 2.24) is 14.5 Å². The van der Waals surface area contributed by atoms with Crippen LogP contribution in [0.2, 0.25) is 0 Å². The summed E-state index contributed by atoms with van der Waals surface area (Å²) in [5.74, 6) is -1.48. The molecule has 0 radical (unpaired) electrons. The highest BCUT2D eigenvalue weighted by Gasteiger charge is 2.29. The van der Waals surface area contributed by atoms with Gasteiger partial charge in [-0.3, -0.25) is 9.48 Å². The quantitative estimate of drug-likeness (QED) is 0.772. The van der Waals surface area contributed by atoms with E-state index in [2.05, 4.69) is 9.82 Å². The maximum Gasteiger partial charge on any atom is 0.322 e. The Labute approximate surface area is 106 Å². The van der Waals surface area contributed by atoms with E-state index >= 15 is 0 Å². The predicted molar refractivity (Wildman–Crippen MR) is 64.4 cm³/mol. The molecule has 8 heteroatoms. The van der Waals surface area contributed by atoms with Crippen LogP contribution in [0.5, 0.6) is 0 Å². The van der Waals surface area contributed by atoms with Crippen molar-refractivity contribution in [2.45, 2.75) is 31.2 Å². The lowest BCUT2D eigenvalue weighted by molar-refractivity contribution is -0.140. The van der Waals surface area contributed by atoms with Gasteiger partial charge >= 0.3 is 5.97 Å². The SMILES string of the molecule is CCC(C)[C@H](NS(=O)(=O)c1cnn(C)c1)C(=O)O. The molecule has 1 aromatic rings. The minimum Gasteiger partial charge on any atom is -0.480 e. The molecule has 1 heterocycles. The molecule has 0 amide bonds. The summed E-state index contributed by atoms with van der Waals surface area (Å²) < 4.78 is 27.4. The number of carbonyl (C=O) groups is 1. The third kappa shape index (κ3) is 3.30. The Kier molecular flexibility index (Phi) is 4.47. The molecular formula is C10H17N3O4S. The van der Waals surface area contributed by atoms with E-state index in [4.69, 9.17) is 5.11 Å². The average Bonchev–Trinajstić information content (AvgIpc) is 2.72. The van der Waals surface area contributed by atoms with Gasteiger partial charge in [0, 0.05) is 13.2 Å². The molecule has 0 aliphatic heterocycles. The molecule has 2 N–H and O–H groups in total. The van der Waals surface area contributed by atoms with Gasteiger partial charge in [-0.15, -0.1) is 0 Å². The maximum absolute atomic E-state index is 12.0. The van der Waals surface area contributed by atoms with Crippen molar-refractivity contribution >= 4 is 16.0 Å². The number of hydrogen-bond donors (Lipinski definition) is 2. The Morgan fingerprint density at radius 2 is 2.22 bits per heavy atom. The second-order valence-electron chi connectivity index (χ2n) is 4.17. The van der Waals surface area contributed by atoms with Gasteiger partial charge in [0.05, 0.1) is 6.20 Å². The molecule has 0 aromatic carbocycles. The Bertz CT molecular complexity index is 523. The van der Waals surface area contributed by atoms with Gasteiger partial charge in [0.2, 0.25) is 10.0 Å². The summed E-state index contributed by atoms with van der Waals surface area (Å²) in [5.41, 5.74) is 0. The van der Waals surface area contributed by atoms with E-state index < -0.39 is 22.0 Å². The highest BCUT2D eigenvalue weighted by Crippen LogP contribution is 2.13. The zero-order valence-corrected chi connectivity index (χ0v) is 11.3. The first-order valence-electron chi connectivity index (χ1n) is 5.51.